The number of carbonyl (C=O) groups excluding carboxylic acids is 2. The lowest BCUT2D eigenvalue weighted by molar-refractivity contribution is -0.138. The number of hydrogen-bond donors (Lipinski definition) is 0. The van der Waals surface area contributed by atoms with Gasteiger partial charge in [-0.2, -0.15) is 13.2 Å². The molecular formula is C18H20F3NO3. The van der Waals surface area contributed by atoms with Gasteiger partial charge in [0.15, 0.2) is 0 Å². The Kier molecular flexibility index (Phi) is 3.63. The highest BCUT2D eigenvalue weighted by molar-refractivity contribution is 6.23. The fourth-order valence-electron chi connectivity index (χ4n) is 4.54. The molecule has 3 heterocycles. The molecule has 0 spiro atoms. The molecule has 0 N–H and O–H groups in total. The standard InChI is InChI=1S/C17H16F3NO3.CH4/c1-15-6-7-16(2,24-15)12-11(15)13(22)21(14(12)23)10-5-3-4-9(8-10)17(18,19)20;/h3-5,8,11-12H,6-7H2,1-2H3;1H4/t11-,12?,15?,16?;/m1./s1. The molecule has 3 saturated heterocycles. The summed E-state index contributed by atoms with van der Waals surface area (Å²) >= 11 is 0. The Morgan fingerprint density at radius 2 is 1.60 bits per heavy atom. The summed E-state index contributed by atoms with van der Waals surface area (Å²) in [5.41, 5.74) is -2.35. The molecule has 25 heavy (non-hydrogen) atoms. The number of nitrogens with zero attached hydrogens (tertiary/aromatic N) is 1. The lowest BCUT2D eigenvalue weighted by Crippen LogP contribution is -2.40. The second kappa shape index (κ2) is 5.06. The summed E-state index contributed by atoms with van der Waals surface area (Å²) in [6, 6.07) is 4.34. The summed E-state index contributed by atoms with van der Waals surface area (Å²) in [6.45, 7) is 3.62. The molecule has 1 aromatic rings. The van der Waals surface area contributed by atoms with Crippen LogP contribution in [0.15, 0.2) is 24.3 Å². The third-order valence-corrected chi connectivity index (χ3v) is 5.64. The summed E-state index contributed by atoms with van der Waals surface area (Å²) in [5, 5.41) is 0. The van der Waals surface area contributed by atoms with Gasteiger partial charge in [-0.25, -0.2) is 4.90 Å². The Bertz CT molecular complexity index is 728. The molecule has 2 amide bonds. The van der Waals surface area contributed by atoms with Crippen molar-refractivity contribution in [1.82, 2.24) is 0 Å². The molecule has 0 saturated carbocycles. The molecule has 3 fully saturated rings. The lowest BCUT2D eigenvalue weighted by atomic mass is 9.69. The molecule has 1 aromatic carbocycles. The summed E-state index contributed by atoms with van der Waals surface area (Å²) in [4.78, 5) is 26.6. The average molecular weight is 355 g/mol. The maximum absolute atomic E-state index is 12.9. The van der Waals surface area contributed by atoms with Crippen LogP contribution in [0.4, 0.5) is 18.9 Å². The first-order chi connectivity index (χ1) is 11.1. The highest BCUT2D eigenvalue weighted by atomic mass is 19.4. The highest BCUT2D eigenvalue weighted by Crippen LogP contribution is 2.60. The second-order valence-corrected chi connectivity index (χ2v) is 7.24. The summed E-state index contributed by atoms with van der Waals surface area (Å²) in [7, 11) is 0. The zero-order chi connectivity index (χ0) is 17.5. The van der Waals surface area contributed by atoms with Crippen molar-refractivity contribution in [3.05, 3.63) is 29.8 Å². The SMILES string of the molecule is C.CC12CCC(C)(O1)[C@H]1C(=O)N(c3cccc(C(F)(F)F)c3)C(=O)C12. The molecule has 3 unspecified atom stereocenters. The Hall–Kier alpha value is -1.89. The number of anilines is 1. The third-order valence-electron chi connectivity index (χ3n) is 5.64. The van der Waals surface area contributed by atoms with Crippen LogP contribution < -0.4 is 4.90 Å². The van der Waals surface area contributed by atoms with E-state index in [4.69, 9.17) is 4.74 Å². The number of ether oxygens (including phenoxy) is 1. The molecule has 136 valence electrons. The number of alkyl halides is 3. The van der Waals surface area contributed by atoms with Crippen molar-refractivity contribution in [2.45, 2.75) is 51.5 Å². The Balaban J connectivity index is 0.00000182. The molecule has 0 aliphatic carbocycles. The molecule has 3 aliphatic heterocycles. The van der Waals surface area contributed by atoms with Crippen molar-refractivity contribution in [2.75, 3.05) is 4.90 Å². The Morgan fingerprint density at radius 3 is 2.08 bits per heavy atom. The fraction of sp³-hybridized carbons (Fsp3) is 0.556. The van der Waals surface area contributed by atoms with E-state index in [0.717, 1.165) is 17.0 Å². The van der Waals surface area contributed by atoms with Crippen LogP contribution in [0.3, 0.4) is 0 Å². The van der Waals surface area contributed by atoms with E-state index in [1.54, 1.807) is 0 Å². The van der Waals surface area contributed by atoms with Gasteiger partial charge < -0.3 is 4.74 Å². The van der Waals surface area contributed by atoms with Crippen LogP contribution in [0.25, 0.3) is 0 Å². The molecule has 2 bridgehead atoms. The van der Waals surface area contributed by atoms with E-state index in [9.17, 15) is 22.8 Å². The number of carbonyl (C=O) groups is 2. The van der Waals surface area contributed by atoms with Crippen molar-refractivity contribution in [2.24, 2.45) is 11.8 Å². The van der Waals surface area contributed by atoms with E-state index in [0.29, 0.717) is 12.8 Å². The number of amides is 2. The van der Waals surface area contributed by atoms with Crippen LogP contribution in [0.1, 0.15) is 39.7 Å². The zero-order valence-electron chi connectivity index (χ0n) is 13.2. The fourth-order valence-corrected chi connectivity index (χ4v) is 4.54. The number of benzene rings is 1. The number of halogens is 3. The number of rotatable bonds is 1. The number of imide groups is 1. The van der Waals surface area contributed by atoms with Crippen molar-refractivity contribution in [3.63, 3.8) is 0 Å². The van der Waals surface area contributed by atoms with Gasteiger partial charge in [-0.1, -0.05) is 13.5 Å². The molecule has 4 atom stereocenters. The average Bonchev–Trinajstić information content (AvgIpc) is 3.03. The van der Waals surface area contributed by atoms with Gasteiger partial charge in [0, 0.05) is 0 Å². The minimum absolute atomic E-state index is 0. The van der Waals surface area contributed by atoms with E-state index in [1.807, 2.05) is 13.8 Å². The van der Waals surface area contributed by atoms with E-state index in [1.165, 1.54) is 12.1 Å². The van der Waals surface area contributed by atoms with E-state index in [2.05, 4.69) is 0 Å². The first kappa shape index (κ1) is 17.9. The zero-order valence-corrected chi connectivity index (χ0v) is 13.2. The van der Waals surface area contributed by atoms with Crippen LogP contribution in [0, 0.1) is 11.8 Å². The third kappa shape index (κ3) is 2.25. The van der Waals surface area contributed by atoms with Gasteiger partial charge in [-0.05, 0) is 44.9 Å². The van der Waals surface area contributed by atoms with Crippen molar-refractivity contribution in [1.29, 1.82) is 0 Å². The van der Waals surface area contributed by atoms with Gasteiger partial charge in [0.1, 0.15) is 0 Å². The lowest BCUT2D eigenvalue weighted by Gasteiger charge is -2.27. The van der Waals surface area contributed by atoms with Crippen molar-refractivity contribution < 1.29 is 27.5 Å². The van der Waals surface area contributed by atoms with Crippen LogP contribution in [-0.4, -0.2) is 23.0 Å². The van der Waals surface area contributed by atoms with Crippen LogP contribution in [-0.2, 0) is 20.5 Å². The van der Waals surface area contributed by atoms with Crippen LogP contribution >= 0.6 is 0 Å². The Morgan fingerprint density at radius 1 is 1.08 bits per heavy atom. The normalized spacial score (nSPS) is 36.6. The first-order valence-electron chi connectivity index (χ1n) is 7.82. The summed E-state index contributed by atoms with van der Waals surface area (Å²) < 4.78 is 44.8. The van der Waals surface area contributed by atoms with Gasteiger partial charge in [-0.15, -0.1) is 0 Å². The molecule has 7 heteroatoms. The Labute approximate surface area is 143 Å². The maximum Gasteiger partial charge on any atom is 0.416 e. The summed E-state index contributed by atoms with van der Waals surface area (Å²) in [6.07, 6.45) is -3.20. The maximum atomic E-state index is 12.9. The minimum Gasteiger partial charge on any atom is -0.367 e. The van der Waals surface area contributed by atoms with Gasteiger partial charge in [0.05, 0.1) is 34.3 Å². The molecule has 4 rings (SSSR count). The van der Waals surface area contributed by atoms with Gasteiger partial charge >= 0.3 is 6.18 Å². The van der Waals surface area contributed by atoms with E-state index < -0.39 is 46.6 Å². The quantitative estimate of drug-likeness (QED) is 0.720. The van der Waals surface area contributed by atoms with Crippen LogP contribution in [0.5, 0.6) is 0 Å². The number of fused-ring (bicyclic) bond motifs is 5. The van der Waals surface area contributed by atoms with Crippen molar-refractivity contribution in [3.8, 4) is 0 Å². The van der Waals surface area contributed by atoms with E-state index in [-0.39, 0.29) is 13.1 Å². The summed E-state index contributed by atoms with van der Waals surface area (Å²) in [5.74, 6) is -2.18. The molecular weight excluding hydrogens is 335 g/mol. The minimum atomic E-state index is -4.53. The number of hydrogen-bond acceptors (Lipinski definition) is 3. The van der Waals surface area contributed by atoms with Crippen molar-refractivity contribution >= 4 is 17.5 Å². The van der Waals surface area contributed by atoms with Gasteiger partial charge in [0.25, 0.3) is 0 Å². The molecule has 0 aromatic heterocycles. The topological polar surface area (TPSA) is 46.6 Å². The largest absolute Gasteiger partial charge is 0.416 e. The van der Waals surface area contributed by atoms with Gasteiger partial charge in [0.2, 0.25) is 11.8 Å². The highest BCUT2D eigenvalue weighted by Gasteiger charge is 2.72. The molecule has 4 nitrogen and oxygen atoms in total. The predicted molar refractivity (Wildman–Crippen MR) is 84.8 cm³/mol. The predicted octanol–water partition coefficient (Wildman–Crippen LogP) is 3.79. The molecule has 0 radical (unpaired) electrons. The second-order valence-electron chi connectivity index (χ2n) is 7.24. The van der Waals surface area contributed by atoms with Crippen LogP contribution in [0.2, 0.25) is 0 Å². The monoisotopic (exact) mass is 355 g/mol. The molecule has 3 aliphatic rings. The smallest absolute Gasteiger partial charge is 0.367 e. The van der Waals surface area contributed by atoms with Gasteiger partial charge in [-0.3, -0.25) is 9.59 Å². The van der Waals surface area contributed by atoms with E-state index >= 15 is 0 Å². The first-order valence-corrected chi connectivity index (χ1v) is 7.82.